The summed E-state index contributed by atoms with van der Waals surface area (Å²) in [7, 11) is 1.29. The molecule has 6 nitrogen and oxygen atoms in total. The molecule has 3 fully saturated rings. The Labute approximate surface area is 171 Å². The number of Topliss-reactive ketones (excluding diaryl/α,β-unsaturated/α-hetero) is 1. The molecule has 0 aromatic rings. The smallest absolute Gasteiger partial charge is 0.438 e. The Kier molecular flexibility index (Phi) is 4.64. The van der Waals surface area contributed by atoms with Crippen LogP contribution in [-0.2, 0) is 14.3 Å². The minimum atomic E-state index is -1.75. The minimum absolute atomic E-state index is 0.119. The summed E-state index contributed by atoms with van der Waals surface area (Å²) in [5, 5.41) is 22.1. The van der Waals surface area contributed by atoms with Crippen molar-refractivity contribution in [1.29, 1.82) is 0 Å². The van der Waals surface area contributed by atoms with E-state index in [0.29, 0.717) is 12.8 Å². The maximum Gasteiger partial charge on any atom is 0.508 e. The molecular formula is C23H30O6. The van der Waals surface area contributed by atoms with Crippen LogP contribution in [0.15, 0.2) is 11.6 Å². The molecule has 8 atom stereocenters. The van der Waals surface area contributed by atoms with Gasteiger partial charge in [0, 0.05) is 18.3 Å². The fourth-order valence-corrected chi connectivity index (χ4v) is 6.97. The highest BCUT2D eigenvalue weighted by Crippen LogP contribution is 2.66. The second-order valence-electron chi connectivity index (χ2n) is 9.77. The number of aliphatic hydroxyl groups is 2. The van der Waals surface area contributed by atoms with Gasteiger partial charge in [-0.2, -0.15) is 0 Å². The summed E-state index contributed by atoms with van der Waals surface area (Å²) in [6.45, 7) is 4.14. The maximum absolute atomic E-state index is 12.7. The predicted octanol–water partition coefficient (Wildman–Crippen LogP) is 2.61. The monoisotopic (exact) mass is 402 g/mol. The molecule has 4 aliphatic carbocycles. The van der Waals surface area contributed by atoms with Crippen LogP contribution in [0.25, 0.3) is 0 Å². The number of hydrogen-bond donors (Lipinski definition) is 2. The van der Waals surface area contributed by atoms with E-state index in [0.717, 1.165) is 24.8 Å². The van der Waals surface area contributed by atoms with Crippen LogP contribution < -0.4 is 0 Å². The average molecular weight is 402 g/mol. The van der Waals surface area contributed by atoms with Crippen molar-refractivity contribution < 1.29 is 29.3 Å². The normalized spacial score (nSPS) is 48.5. The Bertz CT molecular complexity index is 811. The molecule has 2 N–H and O–H groups in total. The van der Waals surface area contributed by atoms with Crippen molar-refractivity contribution in [2.75, 3.05) is 7.11 Å². The second kappa shape index (κ2) is 6.58. The van der Waals surface area contributed by atoms with Gasteiger partial charge in [-0.15, -0.1) is 6.42 Å². The van der Waals surface area contributed by atoms with Crippen LogP contribution >= 0.6 is 0 Å². The predicted molar refractivity (Wildman–Crippen MR) is 105 cm³/mol. The Morgan fingerprint density at radius 2 is 1.97 bits per heavy atom. The van der Waals surface area contributed by atoms with E-state index in [4.69, 9.17) is 11.2 Å². The second-order valence-corrected chi connectivity index (χ2v) is 9.77. The van der Waals surface area contributed by atoms with Crippen LogP contribution in [-0.4, -0.2) is 47.1 Å². The summed E-state index contributed by atoms with van der Waals surface area (Å²) in [5.41, 5.74) is -1.47. The SMILES string of the molecule is C#C[C@]1(O)C(=O)CC2C3C(CC[C@@]21C)[C@@]1(C)CC[C@H](OC(=O)OC)CC1=C[C@H]3O. The van der Waals surface area contributed by atoms with E-state index >= 15 is 0 Å². The molecule has 0 aromatic carbocycles. The quantitative estimate of drug-likeness (QED) is 0.398. The molecule has 4 rings (SSSR count). The average Bonchev–Trinajstić information content (AvgIpc) is 2.90. The minimum Gasteiger partial charge on any atom is -0.438 e. The first-order valence-corrected chi connectivity index (χ1v) is 10.5. The molecule has 0 radical (unpaired) electrons. The van der Waals surface area contributed by atoms with E-state index in [2.05, 4.69) is 17.6 Å². The molecule has 0 bridgehead atoms. The summed E-state index contributed by atoms with van der Waals surface area (Å²) in [4.78, 5) is 24.2. The lowest BCUT2D eigenvalue weighted by molar-refractivity contribution is -0.143. The van der Waals surface area contributed by atoms with Gasteiger partial charge in [0.25, 0.3) is 0 Å². The highest BCUT2D eigenvalue weighted by molar-refractivity contribution is 5.94. The van der Waals surface area contributed by atoms with Crippen molar-refractivity contribution in [1.82, 2.24) is 0 Å². The van der Waals surface area contributed by atoms with E-state index in [1.807, 2.05) is 13.0 Å². The highest BCUT2D eigenvalue weighted by Gasteiger charge is 2.68. The zero-order chi connectivity index (χ0) is 21.2. The van der Waals surface area contributed by atoms with Crippen molar-refractivity contribution in [3.8, 4) is 12.3 Å². The van der Waals surface area contributed by atoms with Gasteiger partial charge in [-0.1, -0.05) is 31.4 Å². The van der Waals surface area contributed by atoms with E-state index < -0.39 is 23.3 Å². The largest absolute Gasteiger partial charge is 0.508 e. The van der Waals surface area contributed by atoms with Crippen LogP contribution in [0, 0.1) is 40.9 Å². The van der Waals surface area contributed by atoms with Gasteiger partial charge in [0.2, 0.25) is 0 Å². The number of rotatable bonds is 1. The highest BCUT2D eigenvalue weighted by atomic mass is 16.7. The summed E-state index contributed by atoms with van der Waals surface area (Å²) in [6.07, 6.45) is 9.68. The maximum atomic E-state index is 12.7. The van der Waals surface area contributed by atoms with E-state index in [1.54, 1.807) is 0 Å². The van der Waals surface area contributed by atoms with Gasteiger partial charge in [0.15, 0.2) is 11.4 Å². The molecule has 158 valence electrons. The first-order chi connectivity index (χ1) is 13.6. The number of ketones is 1. The summed E-state index contributed by atoms with van der Waals surface area (Å²) < 4.78 is 9.98. The van der Waals surface area contributed by atoms with Crippen molar-refractivity contribution in [3.05, 3.63) is 11.6 Å². The van der Waals surface area contributed by atoms with Crippen molar-refractivity contribution in [2.45, 2.75) is 70.2 Å². The van der Waals surface area contributed by atoms with Crippen molar-refractivity contribution in [2.24, 2.45) is 28.6 Å². The van der Waals surface area contributed by atoms with Crippen LogP contribution in [0.2, 0.25) is 0 Å². The van der Waals surface area contributed by atoms with Gasteiger partial charge in [-0.25, -0.2) is 4.79 Å². The number of hydrogen-bond acceptors (Lipinski definition) is 6. The summed E-state index contributed by atoms with van der Waals surface area (Å²) in [5.74, 6) is 2.02. The first kappa shape index (κ1) is 20.4. The third-order valence-electron chi connectivity index (χ3n) is 8.75. The fraction of sp³-hybridized carbons (Fsp3) is 0.739. The Balaban J connectivity index is 1.66. The lowest BCUT2D eigenvalue weighted by atomic mass is 9.46. The Morgan fingerprint density at radius 3 is 2.62 bits per heavy atom. The van der Waals surface area contributed by atoms with E-state index in [1.165, 1.54) is 7.11 Å². The standard InChI is InChI=1S/C23H30O6/c1-5-23(27)18(25)12-16-19-15(7-9-22(16,23)3)21(2)8-6-14(29-20(26)28-4)10-13(21)11-17(19)24/h1,11,14-17,19,24,27H,6-10,12H2,2-4H3/t14-,15?,16?,17+,19?,21-,22-,23-/m0/s1. The molecule has 4 aliphatic rings. The summed E-state index contributed by atoms with van der Waals surface area (Å²) >= 11 is 0. The molecule has 0 aromatic heterocycles. The molecule has 3 saturated carbocycles. The van der Waals surface area contributed by atoms with Crippen LogP contribution in [0.5, 0.6) is 0 Å². The van der Waals surface area contributed by atoms with Crippen LogP contribution in [0.1, 0.15) is 52.4 Å². The van der Waals surface area contributed by atoms with E-state index in [-0.39, 0.29) is 41.5 Å². The third kappa shape index (κ3) is 2.63. The Hall–Kier alpha value is -1.84. The molecule has 0 aliphatic heterocycles. The van der Waals surface area contributed by atoms with Crippen LogP contribution in [0.3, 0.4) is 0 Å². The molecule has 29 heavy (non-hydrogen) atoms. The molecule has 3 unspecified atom stereocenters. The third-order valence-corrected chi connectivity index (χ3v) is 8.75. The lowest BCUT2D eigenvalue weighted by Crippen LogP contribution is -2.58. The lowest BCUT2D eigenvalue weighted by Gasteiger charge is -2.59. The molecular weight excluding hydrogens is 372 g/mol. The molecule has 0 saturated heterocycles. The molecule has 0 spiro atoms. The van der Waals surface area contributed by atoms with Crippen molar-refractivity contribution >= 4 is 11.9 Å². The topological polar surface area (TPSA) is 93.1 Å². The van der Waals surface area contributed by atoms with Gasteiger partial charge < -0.3 is 19.7 Å². The zero-order valence-corrected chi connectivity index (χ0v) is 17.3. The Morgan fingerprint density at radius 1 is 1.24 bits per heavy atom. The number of carbonyl (C=O) groups excluding carboxylic acids is 2. The van der Waals surface area contributed by atoms with Gasteiger partial charge in [-0.3, -0.25) is 4.79 Å². The number of fused-ring (bicyclic) bond motifs is 5. The number of ether oxygens (including phenoxy) is 2. The molecule has 0 amide bonds. The van der Waals surface area contributed by atoms with Gasteiger partial charge in [0.1, 0.15) is 6.10 Å². The summed E-state index contributed by atoms with van der Waals surface area (Å²) in [6, 6.07) is 0. The number of carbonyl (C=O) groups is 2. The van der Waals surface area contributed by atoms with Gasteiger partial charge >= 0.3 is 6.16 Å². The zero-order valence-electron chi connectivity index (χ0n) is 17.3. The van der Waals surface area contributed by atoms with Gasteiger partial charge in [0.05, 0.1) is 13.2 Å². The molecule has 6 heteroatoms. The van der Waals surface area contributed by atoms with Crippen LogP contribution in [0.4, 0.5) is 4.79 Å². The fourth-order valence-electron chi connectivity index (χ4n) is 6.97. The van der Waals surface area contributed by atoms with Crippen molar-refractivity contribution in [3.63, 3.8) is 0 Å². The van der Waals surface area contributed by atoms with Gasteiger partial charge in [-0.05, 0) is 48.9 Å². The number of methoxy groups -OCH3 is 1. The number of terminal acetylenes is 1. The first-order valence-electron chi connectivity index (χ1n) is 10.5. The van der Waals surface area contributed by atoms with E-state index in [9.17, 15) is 19.8 Å². The number of aliphatic hydroxyl groups excluding tert-OH is 1. The molecule has 0 heterocycles.